The quantitative estimate of drug-likeness (QED) is 0.614. The molecule has 1 aromatic rings. The molecule has 1 aliphatic rings. The van der Waals surface area contributed by atoms with E-state index in [2.05, 4.69) is 31.3 Å². The van der Waals surface area contributed by atoms with E-state index in [0.29, 0.717) is 6.61 Å². The zero-order valence-electron chi connectivity index (χ0n) is 11.8. The van der Waals surface area contributed by atoms with Crippen LogP contribution in [-0.2, 0) is 16.1 Å². The molecule has 0 spiro atoms. The molecule has 1 aromatic carbocycles. The van der Waals surface area contributed by atoms with Crippen LogP contribution in [0.5, 0.6) is 0 Å². The summed E-state index contributed by atoms with van der Waals surface area (Å²) in [6, 6.07) is 10.5. The first-order valence-electron chi connectivity index (χ1n) is 6.86. The standard InChI is InChI=1S/C16H22NO2/c1-3-19-16(18)15-9-11-17(2,12-10-15)13-14-7-5-4-6-8-14/h4-9H,3,10-13H2,1-2H3/q+1/t17-/m0/s1. The van der Waals surface area contributed by atoms with E-state index in [1.165, 1.54) is 5.56 Å². The van der Waals surface area contributed by atoms with E-state index in [-0.39, 0.29) is 5.97 Å². The molecule has 1 heterocycles. The van der Waals surface area contributed by atoms with E-state index in [4.69, 9.17) is 4.74 Å². The number of carbonyl (C=O) groups is 1. The van der Waals surface area contributed by atoms with E-state index in [1.807, 2.05) is 19.1 Å². The molecule has 0 fully saturated rings. The lowest BCUT2D eigenvalue weighted by Crippen LogP contribution is -2.46. The second-order valence-electron chi connectivity index (χ2n) is 5.37. The molecule has 0 bridgehead atoms. The Kier molecular flexibility index (Phi) is 4.38. The molecule has 0 unspecified atom stereocenters. The third-order valence-corrected chi connectivity index (χ3v) is 3.64. The van der Waals surface area contributed by atoms with Gasteiger partial charge < -0.3 is 9.22 Å². The van der Waals surface area contributed by atoms with Crippen LogP contribution in [-0.4, -0.2) is 37.2 Å². The normalized spacial score (nSPS) is 22.7. The molecule has 2 rings (SSSR count). The van der Waals surface area contributed by atoms with Gasteiger partial charge in [0.05, 0.1) is 26.7 Å². The predicted molar refractivity (Wildman–Crippen MR) is 75.4 cm³/mol. The van der Waals surface area contributed by atoms with Gasteiger partial charge in [-0.2, -0.15) is 0 Å². The van der Waals surface area contributed by atoms with Crippen molar-refractivity contribution in [1.82, 2.24) is 0 Å². The van der Waals surface area contributed by atoms with Crippen LogP contribution in [0.15, 0.2) is 42.0 Å². The minimum absolute atomic E-state index is 0.145. The summed E-state index contributed by atoms with van der Waals surface area (Å²) in [6.45, 7) is 5.18. The average Bonchev–Trinajstić information content (AvgIpc) is 2.40. The van der Waals surface area contributed by atoms with Gasteiger partial charge in [-0.1, -0.05) is 30.3 Å². The third kappa shape index (κ3) is 3.67. The zero-order valence-corrected chi connectivity index (χ0v) is 11.8. The summed E-state index contributed by atoms with van der Waals surface area (Å²) in [5.74, 6) is -0.145. The highest BCUT2D eigenvalue weighted by Gasteiger charge is 2.28. The molecule has 1 aliphatic heterocycles. The number of carbonyl (C=O) groups excluding carboxylic acids is 1. The summed E-state index contributed by atoms with van der Waals surface area (Å²) in [6.07, 6.45) is 2.85. The fourth-order valence-electron chi connectivity index (χ4n) is 2.49. The molecule has 19 heavy (non-hydrogen) atoms. The summed E-state index contributed by atoms with van der Waals surface area (Å²) in [4.78, 5) is 11.7. The number of hydrogen-bond acceptors (Lipinski definition) is 2. The Bertz CT molecular complexity index is 467. The first-order chi connectivity index (χ1) is 9.13. The first-order valence-corrected chi connectivity index (χ1v) is 6.86. The van der Waals surface area contributed by atoms with Gasteiger partial charge >= 0.3 is 5.97 Å². The Balaban J connectivity index is 1.99. The van der Waals surface area contributed by atoms with E-state index < -0.39 is 0 Å². The van der Waals surface area contributed by atoms with Crippen LogP contribution in [0.4, 0.5) is 0 Å². The van der Waals surface area contributed by atoms with Gasteiger partial charge in [0.15, 0.2) is 0 Å². The van der Waals surface area contributed by atoms with Gasteiger partial charge in [-0.05, 0) is 13.0 Å². The van der Waals surface area contributed by atoms with Crippen molar-refractivity contribution in [3.05, 3.63) is 47.5 Å². The molecular weight excluding hydrogens is 238 g/mol. The molecule has 0 saturated carbocycles. The van der Waals surface area contributed by atoms with E-state index in [1.54, 1.807) is 0 Å². The monoisotopic (exact) mass is 260 g/mol. The van der Waals surface area contributed by atoms with Gasteiger partial charge in [0, 0.05) is 17.6 Å². The number of nitrogens with zero attached hydrogens (tertiary/aromatic N) is 1. The maximum absolute atomic E-state index is 11.7. The molecule has 102 valence electrons. The van der Waals surface area contributed by atoms with Crippen LogP contribution in [0.25, 0.3) is 0 Å². The first kappa shape index (κ1) is 13.8. The Labute approximate surface area is 115 Å². The van der Waals surface area contributed by atoms with Crippen molar-refractivity contribution in [2.24, 2.45) is 0 Å². The summed E-state index contributed by atoms with van der Waals surface area (Å²) >= 11 is 0. The number of ether oxygens (including phenoxy) is 1. The maximum Gasteiger partial charge on any atom is 0.334 e. The van der Waals surface area contributed by atoms with Crippen molar-refractivity contribution in [2.75, 3.05) is 26.7 Å². The Morgan fingerprint density at radius 3 is 2.63 bits per heavy atom. The number of esters is 1. The van der Waals surface area contributed by atoms with Gasteiger partial charge in [0.1, 0.15) is 6.54 Å². The van der Waals surface area contributed by atoms with Crippen molar-refractivity contribution in [1.29, 1.82) is 0 Å². The van der Waals surface area contributed by atoms with Crippen molar-refractivity contribution >= 4 is 5.97 Å². The Hall–Kier alpha value is -1.61. The second-order valence-corrected chi connectivity index (χ2v) is 5.37. The van der Waals surface area contributed by atoms with Gasteiger partial charge in [0.2, 0.25) is 0 Å². The van der Waals surface area contributed by atoms with Crippen LogP contribution in [0.3, 0.4) is 0 Å². The predicted octanol–water partition coefficient (Wildman–Crippen LogP) is 2.53. The average molecular weight is 260 g/mol. The summed E-state index contributed by atoms with van der Waals surface area (Å²) in [5.41, 5.74) is 2.18. The number of benzene rings is 1. The van der Waals surface area contributed by atoms with E-state index in [0.717, 1.165) is 36.1 Å². The largest absolute Gasteiger partial charge is 0.463 e. The van der Waals surface area contributed by atoms with Crippen LogP contribution in [0.2, 0.25) is 0 Å². The van der Waals surface area contributed by atoms with Gasteiger partial charge in [-0.3, -0.25) is 0 Å². The number of likely N-dealkylation sites (N-methyl/N-ethyl adjacent to an activating group) is 1. The topological polar surface area (TPSA) is 26.3 Å². The number of hydrogen-bond donors (Lipinski definition) is 0. The highest BCUT2D eigenvalue weighted by Crippen LogP contribution is 2.21. The molecule has 0 amide bonds. The molecule has 0 radical (unpaired) electrons. The maximum atomic E-state index is 11.7. The Morgan fingerprint density at radius 1 is 1.32 bits per heavy atom. The highest BCUT2D eigenvalue weighted by molar-refractivity contribution is 5.88. The van der Waals surface area contributed by atoms with E-state index >= 15 is 0 Å². The molecule has 0 aromatic heterocycles. The molecule has 3 heteroatoms. The Morgan fingerprint density at radius 2 is 2.05 bits per heavy atom. The molecule has 0 aliphatic carbocycles. The van der Waals surface area contributed by atoms with Crippen LogP contribution < -0.4 is 0 Å². The van der Waals surface area contributed by atoms with Crippen molar-refractivity contribution in [2.45, 2.75) is 19.9 Å². The number of rotatable bonds is 4. The SMILES string of the molecule is CCOC(=O)C1=CC[N@+](C)(Cc2ccccc2)CC1. The lowest BCUT2D eigenvalue weighted by atomic mass is 10.1. The fourth-order valence-corrected chi connectivity index (χ4v) is 2.49. The third-order valence-electron chi connectivity index (χ3n) is 3.64. The number of quaternary nitrogens is 1. The molecule has 1 atom stereocenters. The molecular formula is C16H22NO2+. The summed E-state index contributed by atoms with van der Waals surface area (Å²) in [7, 11) is 2.24. The highest BCUT2D eigenvalue weighted by atomic mass is 16.5. The van der Waals surface area contributed by atoms with Crippen molar-refractivity contribution < 1.29 is 14.0 Å². The van der Waals surface area contributed by atoms with Gasteiger partial charge in [-0.15, -0.1) is 0 Å². The molecule has 0 saturated heterocycles. The fraction of sp³-hybridized carbons (Fsp3) is 0.438. The smallest absolute Gasteiger partial charge is 0.334 e. The lowest BCUT2D eigenvalue weighted by molar-refractivity contribution is -0.918. The second kappa shape index (κ2) is 6.02. The van der Waals surface area contributed by atoms with Gasteiger partial charge in [0.25, 0.3) is 0 Å². The molecule has 0 N–H and O–H groups in total. The van der Waals surface area contributed by atoms with Gasteiger partial charge in [-0.25, -0.2) is 4.79 Å². The lowest BCUT2D eigenvalue weighted by Gasteiger charge is -2.36. The minimum atomic E-state index is -0.145. The van der Waals surface area contributed by atoms with E-state index in [9.17, 15) is 4.79 Å². The minimum Gasteiger partial charge on any atom is -0.463 e. The zero-order chi connectivity index (χ0) is 13.7. The summed E-state index contributed by atoms with van der Waals surface area (Å²) < 4.78 is 6.00. The summed E-state index contributed by atoms with van der Waals surface area (Å²) in [5, 5.41) is 0. The molecule has 3 nitrogen and oxygen atoms in total. The van der Waals surface area contributed by atoms with Crippen molar-refractivity contribution in [3.8, 4) is 0 Å². The van der Waals surface area contributed by atoms with Crippen LogP contribution >= 0.6 is 0 Å². The van der Waals surface area contributed by atoms with Crippen molar-refractivity contribution in [3.63, 3.8) is 0 Å². The van der Waals surface area contributed by atoms with Crippen LogP contribution in [0, 0.1) is 0 Å². The van der Waals surface area contributed by atoms with Crippen LogP contribution in [0.1, 0.15) is 18.9 Å².